The molecule has 0 spiro atoms. The molecule has 1 heterocycles. The van der Waals surface area contributed by atoms with Crippen LogP contribution in [0.2, 0.25) is 0 Å². The molecule has 15 heavy (non-hydrogen) atoms. The zero-order chi connectivity index (χ0) is 10.8. The normalized spacial score (nSPS) is 10.9. The Labute approximate surface area is 89.9 Å². The minimum atomic E-state index is 0.480. The maximum Gasteiger partial charge on any atom is 0.221 e. The zero-order valence-corrected chi connectivity index (χ0v) is 9.32. The number of rotatable bonds is 2. The SMILES string of the molecule is COc1ncc(C(C)C)c2ccccc12. The summed E-state index contributed by atoms with van der Waals surface area (Å²) in [7, 11) is 1.66. The number of fused-ring (bicyclic) bond motifs is 1. The summed E-state index contributed by atoms with van der Waals surface area (Å²) in [5, 5.41) is 2.32. The molecule has 0 radical (unpaired) electrons. The van der Waals surface area contributed by atoms with Gasteiger partial charge in [0.1, 0.15) is 0 Å². The lowest BCUT2D eigenvalue weighted by atomic mass is 9.99. The van der Waals surface area contributed by atoms with Crippen molar-refractivity contribution in [1.82, 2.24) is 4.98 Å². The Balaban J connectivity index is 2.77. The van der Waals surface area contributed by atoms with E-state index in [1.165, 1.54) is 10.9 Å². The summed E-state index contributed by atoms with van der Waals surface area (Å²) in [4.78, 5) is 4.32. The Bertz CT molecular complexity index is 477. The summed E-state index contributed by atoms with van der Waals surface area (Å²) in [6.45, 7) is 4.35. The molecule has 0 aliphatic carbocycles. The summed E-state index contributed by atoms with van der Waals surface area (Å²) < 4.78 is 5.25. The van der Waals surface area contributed by atoms with E-state index in [1.807, 2.05) is 24.4 Å². The van der Waals surface area contributed by atoms with E-state index in [-0.39, 0.29) is 0 Å². The molecule has 0 fully saturated rings. The van der Waals surface area contributed by atoms with Gasteiger partial charge < -0.3 is 4.74 Å². The van der Waals surface area contributed by atoms with Gasteiger partial charge in [-0.2, -0.15) is 0 Å². The van der Waals surface area contributed by atoms with Crippen LogP contribution in [0.4, 0.5) is 0 Å². The average molecular weight is 201 g/mol. The summed E-state index contributed by atoms with van der Waals surface area (Å²) in [6.07, 6.45) is 1.91. The number of hydrogen-bond donors (Lipinski definition) is 0. The van der Waals surface area contributed by atoms with Crippen LogP contribution in [0.1, 0.15) is 25.3 Å². The smallest absolute Gasteiger partial charge is 0.221 e. The number of hydrogen-bond acceptors (Lipinski definition) is 2. The lowest BCUT2D eigenvalue weighted by Gasteiger charge is -2.11. The van der Waals surface area contributed by atoms with E-state index >= 15 is 0 Å². The van der Waals surface area contributed by atoms with Gasteiger partial charge in [0.05, 0.1) is 7.11 Å². The largest absolute Gasteiger partial charge is 0.481 e. The predicted molar refractivity (Wildman–Crippen MR) is 62.4 cm³/mol. The van der Waals surface area contributed by atoms with Crippen molar-refractivity contribution in [2.24, 2.45) is 0 Å². The summed E-state index contributed by atoms with van der Waals surface area (Å²) in [6, 6.07) is 8.23. The van der Waals surface area contributed by atoms with Gasteiger partial charge >= 0.3 is 0 Å². The first-order valence-corrected chi connectivity index (χ1v) is 5.15. The number of aromatic nitrogens is 1. The van der Waals surface area contributed by atoms with E-state index in [2.05, 4.69) is 24.9 Å². The van der Waals surface area contributed by atoms with Crippen LogP contribution in [0, 0.1) is 0 Å². The fraction of sp³-hybridized carbons (Fsp3) is 0.308. The Morgan fingerprint density at radius 1 is 1.13 bits per heavy atom. The van der Waals surface area contributed by atoms with Crippen LogP contribution in [-0.2, 0) is 0 Å². The topological polar surface area (TPSA) is 22.1 Å². The van der Waals surface area contributed by atoms with Crippen molar-refractivity contribution in [3.63, 3.8) is 0 Å². The highest BCUT2D eigenvalue weighted by atomic mass is 16.5. The van der Waals surface area contributed by atoms with Crippen molar-refractivity contribution in [3.8, 4) is 5.88 Å². The fourth-order valence-corrected chi connectivity index (χ4v) is 1.81. The molecular weight excluding hydrogens is 186 g/mol. The minimum absolute atomic E-state index is 0.480. The van der Waals surface area contributed by atoms with Gasteiger partial charge in [-0.3, -0.25) is 0 Å². The second kappa shape index (κ2) is 3.89. The quantitative estimate of drug-likeness (QED) is 0.743. The number of ether oxygens (including phenoxy) is 1. The summed E-state index contributed by atoms with van der Waals surface area (Å²) in [5.74, 6) is 1.18. The van der Waals surface area contributed by atoms with E-state index in [1.54, 1.807) is 7.11 Å². The Morgan fingerprint density at radius 3 is 2.40 bits per heavy atom. The standard InChI is InChI=1S/C13H15NO/c1-9(2)12-8-14-13(15-3)11-7-5-4-6-10(11)12/h4-9H,1-3H3. The third kappa shape index (κ3) is 1.67. The second-order valence-corrected chi connectivity index (χ2v) is 3.92. The molecule has 0 unspecified atom stereocenters. The molecule has 0 N–H and O–H groups in total. The first-order valence-electron chi connectivity index (χ1n) is 5.15. The highest BCUT2D eigenvalue weighted by Gasteiger charge is 2.09. The van der Waals surface area contributed by atoms with E-state index in [4.69, 9.17) is 4.74 Å². The molecule has 0 amide bonds. The van der Waals surface area contributed by atoms with Gasteiger partial charge in [-0.15, -0.1) is 0 Å². The van der Waals surface area contributed by atoms with Crippen LogP contribution >= 0.6 is 0 Å². The average Bonchev–Trinajstić information content (AvgIpc) is 2.27. The molecule has 2 aromatic rings. The molecule has 1 aromatic heterocycles. The van der Waals surface area contributed by atoms with Crippen LogP contribution in [0.5, 0.6) is 5.88 Å². The summed E-state index contributed by atoms with van der Waals surface area (Å²) in [5.41, 5.74) is 1.27. The maximum absolute atomic E-state index is 5.25. The molecular formula is C13H15NO. The first-order chi connectivity index (χ1) is 7.24. The van der Waals surface area contributed by atoms with Gasteiger partial charge in [-0.25, -0.2) is 4.98 Å². The van der Waals surface area contributed by atoms with Gasteiger partial charge in [0.2, 0.25) is 5.88 Å². The van der Waals surface area contributed by atoms with E-state index < -0.39 is 0 Å². The van der Waals surface area contributed by atoms with Crippen molar-refractivity contribution < 1.29 is 4.74 Å². The van der Waals surface area contributed by atoms with Crippen molar-refractivity contribution >= 4 is 10.8 Å². The number of pyridine rings is 1. The predicted octanol–water partition coefficient (Wildman–Crippen LogP) is 3.37. The van der Waals surface area contributed by atoms with Crippen LogP contribution in [0.3, 0.4) is 0 Å². The number of methoxy groups -OCH3 is 1. The second-order valence-electron chi connectivity index (χ2n) is 3.92. The molecule has 0 bridgehead atoms. The van der Waals surface area contributed by atoms with Gasteiger partial charge in [-0.05, 0) is 22.9 Å². The lowest BCUT2D eigenvalue weighted by molar-refractivity contribution is 0.403. The highest BCUT2D eigenvalue weighted by molar-refractivity contribution is 5.89. The number of nitrogens with zero attached hydrogens (tertiary/aromatic N) is 1. The van der Waals surface area contributed by atoms with Crippen LogP contribution in [-0.4, -0.2) is 12.1 Å². The first kappa shape index (κ1) is 9.97. The monoisotopic (exact) mass is 201 g/mol. The molecule has 2 nitrogen and oxygen atoms in total. The number of benzene rings is 1. The maximum atomic E-state index is 5.25. The molecule has 0 saturated heterocycles. The molecule has 0 aliphatic rings. The molecule has 2 rings (SSSR count). The molecule has 0 aliphatic heterocycles. The van der Waals surface area contributed by atoms with Crippen molar-refractivity contribution in [1.29, 1.82) is 0 Å². The van der Waals surface area contributed by atoms with Gasteiger partial charge in [0.15, 0.2) is 0 Å². The Kier molecular flexibility index (Phi) is 2.58. The van der Waals surface area contributed by atoms with E-state index in [0.29, 0.717) is 11.8 Å². The molecule has 2 heteroatoms. The van der Waals surface area contributed by atoms with Crippen LogP contribution in [0.15, 0.2) is 30.5 Å². The molecule has 78 valence electrons. The molecule has 0 saturated carbocycles. The molecule has 1 aromatic carbocycles. The van der Waals surface area contributed by atoms with Crippen molar-refractivity contribution in [2.75, 3.05) is 7.11 Å². The Morgan fingerprint density at radius 2 is 1.80 bits per heavy atom. The van der Waals surface area contributed by atoms with Crippen molar-refractivity contribution in [3.05, 3.63) is 36.0 Å². The van der Waals surface area contributed by atoms with E-state index in [9.17, 15) is 0 Å². The third-order valence-corrected chi connectivity index (χ3v) is 2.60. The summed E-state index contributed by atoms with van der Waals surface area (Å²) >= 11 is 0. The van der Waals surface area contributed by atoms with Gasteiger partial charge in [0, 0.05) is 11.6 Å². The van der Waals surface area contributed by atoms with Gasteiger partial charge in [-0.1, -0.05) is 32.0 Å². The van der Waals surface area contributed by atoms with Crippen LogP contribution in [0.25, 0.3) is 10.8 Å². The molecule has 0 atom stereocenters. The third-order valence-electron chi connectivity index (χ3n) is 2.60. The fourth-order valence-electron chi connectivity index (χ4n) is 1.81. The van der Waals surface area contributed by atoms with Crippen LogP contribution < -0.4 is 4.74 Å². The van der Waals surface area contributed by atoms with Crippen molar-refractivity contribution in [2.45, 2.75) is 19.8 Å². The zero-order valence-electron chi connectivity index (χ0n) is 9.32. The van der Waals surface area contributed by atoms with Gasteiger partial charge in [0.25, 0.3) is 0 Å². The highest BCUT2D eigenvalue weighted by Crippen LogP contribution is 2.29. The lowest BCUT2D eigenvalue weighted by Crippen LogP contribution is -1.95. The minimum Gasteiger partial charge on any atom is -0.481 e. The van der Waals surface area contributed by atoms with E-state index in [0.717, 1.165) is 5.39 Å². The Hall–Kier alpha value is -1.57.